The van der Waals surface area contributed by atoms with Crippen LogP contribution in [0, 0.1) is 11.3 Å². The van der Waals surface area contributed by atoms with Gasteiger partial charge in [0.1, 0.15) is 28.5 Å². The summed E-state index contributed by atoms with van der Waals surface area (Å²) in [5, 5.41) is 18.1. The van der Waals surface area contributed by atoms with Crippen molar-refractivity contribution < 1.29 is 14.3 Å². The van der Waals surface area contributed by atoms with E-state index in [4.69, 9.17) is 9.47 Å². The van der Waals surface area contributed by atoms with Crippen molar-refractivity contribution in [1.82, 2.24) is 24.3 Å². The van der Waals surface area contributed by atoms with E-state index < -0.39 is 5.60 Å². The number of carbonyl (C=O) groups excluding carboxylic acids is 1. The standard InChI is InChI=1S/C22H26N6O3/c1-22(2,3)31-21(29)26-7-5-6-18(14-26)27-13-17(11-24-27)15-8-19(30-4)20-16(9-23)10-25-28(20)12-15/h8,10-13,18H,5-7,14H2,1-4H3/t18-/m1/s1. The number of nitrogens with zero attached hydrogens (tertiary/aromatic N) is 6. The number of nitriles is 1. The van der Waals surface area contributed by atoms with Gasteiger partial charge in [-0.05, 0) is 39.7 Å². The van der Waals surface area contributed by atoms with Crippen LogP contribution >= 0.6 is 0 Å². The molecule has 0 bridgehead atoms. The Morgan fingerprint density at radius 2 is 2.03 bits per heavy atom. The van der Waals surface area contributed by atoms with Crippen molar-refractivity contribution >= 4 is 11.6 Å². The predicted octanol–water partition coefficient (Wildman–Crippen LogP) is 3.65. The minimum absolute atomic E-state index is 0.0792. The summed E-state index contributed by atoms with van der Waals surface area (Å²) in [6.07, 6.45) is 8.69. The third-order valence-corrected chi connectivity index (χ3v) is 5.27. The Morgan fingerprint density at radius 3 is 2.74 bits per heavy atom. The number of amides is 1. The van der Waals surface area contributed by atoms with E-state index in [1.165, 1.54) is 6.20 Å². The Hall–Kier alpha value is -3.54. The normalized spacial score (nSPS) is 16.9. The van der Waals surface area contributed by atoms with Crippen molar-refractivity contribution in [2.24, 2.45) is 0 Å². The molecule has 4 heterocycles. The zero-order chi connectivity index (χ0) is 22.2. The first-order valence-electron chi connectivity index (χ1n) is 10.3. The minimum Gasteiger partial charge on any atom is -0.494 e. The lowest BCUT2D eigenvalue weighted by Crippen LogP contribution is -2.43. The molecule has 0 saturated carbocycles. The van der Waals surface area contributed by atoms with E-state index in [9.17, 15) is 10.1 Å². The molecule has 1 saturated heterocycles. The van der Waals surface area contributed by atoms with Gasteiger partial charge < -0.3 is 14.4 Å². The van der Waals surface area contributed by atoms with E-state index in [0.717, 1.165) is 24.0 Å². The van der Waals surface area contributed by atoms with Crippen LogP contribution in [-0.2, 0) is 4.74 Å². The average molecular weight is 422 g/mol. The molecule has 0 spiro atoms. The summed E-state index contributed by atoms with van der Waals surface area (Å²) in [4.78, 5) is 14.2. The molecule has 1 amide bonds. The largest absolute Gasteiger partial charge is 0.494 e. The number of methoxy groups -OCH3 is 1. The first kappa shape index (κ1) is 20.7. The number of pyridine rings is 1. The minimum atomic E-state index is -0.515. The SMILES string of the molecule is COc1cc(-c2cnn([C@@H]3CCCN(C(=O)OC(C)(C)C)C3)c2)cn2ncc(C#N)c12. The van der Waals surface area contributed by atoms with Crippen LogP contribution < -0.4 is 4.74 Å². The smallest absolute Gasteiger partial charge is 0.410 e. The lowest BCUT2D eigenvalue weighted by Gasteiger charge is -2.34. The Labute approximate surface area is 180 Å². The number of piperidine rings is 1. The number of aromatic nitrogens is 4. The highest BCUT2D eigenvalue weighted by Crippen LogP contribution is 2.31. The zero-order valence-electron chi connectivity index (χ0n) is 18.2. The molecule has 1 fully saturated rings. The summed E-state index contributed by atoms with van der Waals surface area (Å²) < 4.78 is 14.6. The van der Waals surface area contributed by atoms with Crippen molar-refractivity contribution in [2.45, 2.75) is 45.3 Å². The Kier molecular flexibility index (Phi) is 5.31. The molecule has 1 aliphatic heterocycles. The molecular weight excluding hydrogens is 396 g/mol. The Bertz CT molecular complexity index is 1150. The first-order valence-corrected chi connectivity index (χ1v) is 10.3. The monoisotopic (exact) mass is 422 g/mol. The van der Waals surface area contributed by atoms with Crippen molar-refractivity contribution in [3.05, 3.63) is 36.4 Å². The number of likely N-dealkylation sites (tertiary alicyclic amines) is 1. The fourth-order valence-electron chi connectivity index (χ4n) is 3.83. The fourth-order valence-corrected chi connectivity index (χ4v) is 3.83. The molecule has 0 N–H and O–H groups in total. The van der Waals surface area contributed by atoms with E-state index in [-0.39, 0.29) is 12.1 Å². The van der Waals surface area contributed by atoms with Crippen molar-refractivity contribution in [2.75, 3.05) is 20.2 Å². The molecule has 3 aromatic heterocycles. The van der Waals surface area contributed by atoms with Crippen LogP contribution in [0.4, 0.5) is 4.79 Å². The molecule has 162 valence electrons. The molecular formula is C22H26N6O3. The Morgan fingerprint density at radius 1 is 1.23 bits per heavy atom. The first-order chi connectivity index (χ1) is 14.8. The molecule has 1 aliphatic rings. The van der Waals surface area contributed by atoms with Crippen LogP contribution in [0.25, 0.3) is 16.6 Å². The van der Waals surface area contributed by atoms with Gasteiger partial charge in [-0.1, -0.05) is 0 Å². The van der Waals surface area contributed by atoms with Crippen LogP contribution in [0.15, 0.2) is 30.9 Å². The maximum atomic E-state index is 12.5. The molecule has 0 aliphatic carbocycles. The number of ether oxygens (including phenoxy) is 2. The van der Waals surface area contributed by atoms with E-state index in [0.29, 0.717) is 29.9 Å². The van der Waals surface area contributed by atoms with E-state index in [1.54, 1.807) is 22.7 Å². The summed E-state index contributed by atoms with van der Waals surface area (Å²) in [5.74, 6) is 0.577. The second-order valence-corrected chi connectivity index (χ2v) is 8.69. The highest BCUT2D eigenvalue weighted by molar-refractivity contribution is 5.75. The molecule has 3 aromatic rings. The quantitative estimate of drug-likeness (QED) is 0.639. The van der Waals surface area contributed by atoms with E-state index in [1.807, 2.05) is 43.9 Å². The van der Waals surface area contributed by atoms with Gasteiger partial charge in [0.05, 0.1) is 25.5 Å². The van der Waals surface area contributed by atoms with Crippen molar-refractivity contribution in [1.29, 1.82) is 5.26 Å². The van der Waals surface area contributed by atoms with Gasteiger partial charge in [0.2, 0.25) is 0 Å². The second kappa shape index (κ2) is 7.95. The number of rotatable bonds is 3. The lowest BCUT2D eigenvalue weighted by molar-refractivity contribution is 0.0167. The van der Waals surface area contributed by atoms with Crippen LogP contribution in [0.1, 0.15) is 45.2 Å². The number of carbonyl (C=O) groups is 1. The van der Waals surface area contributed by atoms with Gasteiger partial charge in [0, 0.05) is 36.6 Å². The molecule has 4 rings (SSSR count). The van der Waals surface area contributed by atoms with Crippen LogP contribution in [0.3, 0.4) is 0 Å². The summed E-state index contributed by atoms with van der Waals surface area (Å²) in [7, 11) is 1.57. The van der Waals surface area contributed by atoms with Crippen LogP contribution in [0.5, 0.6) is 5.75 Å². The Balaban J connectivity index is 1.57. The van der Waals surface area contributed by atoms with Crippen molar-refractivity contribution in [3.8, 4) is 22.9 Å². The summed E-state index contributed by atoms with van der Waals surface area (Å²) >= 11 is 0. The molecule has 9 nitrogen and oxygen atoms in total. The summed E-state index contributed by atoms with van der Waals surface area (Å²) in [6, 6.07) is 4.10. The number of fused-ring (bicyclic) bond motifs is 1. The van der Waals surface area contributed by atoms with Gasteiger partial charge in [-0.2, -0.15) is 15.5 Å². The summed E-state index contributed by atoms with van der Waals surface area (Å²) in [5.41, 5.74) is 2.37. The predicted molar refractivity (Wildman–Crippen MR) is 114 cm³/mol. The summed E-state index contributed by atoms with van der Waals surface area (Å²) in [6.45, 7) is 6.86. The van der Waals surface area contributed by atoms with Crippen molar-refractivity contribution in [3.63, 3.8) is 0 Å². The third kappa shape index (κ3) is 4.19. The molecule has 1 atom stereocenters. The maximum absolute atomic E-state index is 12.5. The molecule has 0 radical (unpaired) electrons. The number of hydrogen-bond donors (Lipinski definition) is 0. The van der Waals surface area contributed by atoms with Gasteiger partial charge in [-0.15, -0.1) is 0 Å². The van der Waals surface area contributed by atoms with E-state index in [2.05, 4.69) is 16.3 Å². The second-order valence-electron chi connectivity index (χ2n) is 8.69. The molecule has 0 aromatic carbocycles. The van der Waals surface area contributed by atoms with Gasteiger partial charge in [-0.3, -0.25) is 4.68 Å². The van der Waals surface area contributed by atoms with Gasteiger partial charge in [0.25, 0.3) is 0 Å². The topological polar surface area (TPSA) is 97.7 Å². The maximum Gasteiger partial charge on any atom is 0.410 e. The lowest BCUT2D eigenvalue weighted by atomic mass is 10.1. The molecule has 31 heavy (non-hydrogen) atoms. The molecule has 9 heteroatoms. The van der Waals surface area contributed by atoms with Gasteiger partial charge >= 0.3 is 6.09 Å². The fraction of sp³-hybridized carbons (Fsp3) is 0.455. The average Bonchev–Trinajstić information content (AvgIpc) is 3.39. The number of hydrogen-bond acceptors (Lipinski definition) is 6. The van der Waals surface area contributed by atoms with E-state index >= 15 is 0 Å². The highest BCUT2D eigenvalue weighted by Gasteiger charge is 2.29. The van der Waals surface area contributed by atoms with Crippen LogP contribution in [0.2, 0.25) is 0 Å². The van der Waals surface area contributed by atoms with Crippen LogP contribution in [-0.4, -0.2) is 56.2 Å². The van der Waals surface area contributed by atoms with Gasteiger partial charge in [-0.25, -0.2) is 9.31 Å². The molecule has 0 unspecified atom stereocenters. The van der Waals surface area contributed by atoms with Gasteiger partial charge in [0.15, 0.2) is 0 Å². The third-order valence-electron chi connectivity index (χ3n) is 5.27. The highest BCUT2D eigenvalue weighted by atomic mass is 16.6. The zero-order valence-corrected chi connectivity index (χ0v) is 18.2.